The van der Waals surface area contributed by atoms with Crippen LogP contribution in [0.3, 0.4) is 0 Å². The summed E-state index contributed by atoms with van der Waals surface area (Å²) in [6, 6.07) is 10.8. The molecule has 0 N–H and O–H groups in total. The first-order valence-corrected chi connectivity index (χ1v) is 8.27. The van der Waals surface area contributed by atoms with Crippen molar-refractivity contribution in [2.75, 3.05) is 13.7 Å². The first-order valence-electron chi connectivity index (χ1n) is 8.27. The van der Waals surface area contributed by atoms with Crippen molar-refractivity contribution >= 4 is 11.9 Å². The first kappa shape index (κ1) is 17.9. The Kier molecular flexibility index (Phi) is 5.23. The van der Waals surface area contributed by atoms with Crippen LogP contribution in [0.25, 0.3) is 0 Å². The van der Waals surface area contributed by atoms with Gasteiger partial charge >= 0.3 is 11.9 Å². The number of esters is 2. The van der Waals surface area contributed by atoms with Crippen molar-refractivity contribution in [2.45, 2.75) is 26.4 Å². The van der Waals surface area contributed by atoms with Crippen LogP contribution in [0.15, 0.2) is 36.4 Å². The lowest BCUT2D eigenvalue weighted by Crippen LogP contribution is -2.18. The van der Waals surface area contributed by atoms with Gasteiger partial charge in [-0.15, -0.1) is 0 Å². The highest BCUT2D eigenvalue weighted by Crippen LogP contribution is 2.40. The van der Waals surface area contributed by atoms with Gasteiger partial charge in [0.1, 0.15) is 11.9 Å². The lowest BCUT2D eigenvalue weighted by molar-refractivity contribution is -0.132. The molecule has 0 aliphatic carbocycles. The maximum Gasteiger partial charge on any atom is 0.308 e. The number of benzene rings is 2. The van der Waals surface area contributed by atoms with Crippen LogP contribution in [0.4, 0.5) is 0 Å². The van der Waals surface area contributed by atoms with Crippen LogP contribution in [-0.4, -0.2) is 25.7 Å². The highest BCUT2D eigenvalue weighted by atomic mass is 16.6. The molecular weight excluding hydrogens is 336 g/mol. The SMILES string of the molecule is COc1cc2c(cc1OC(C)=O)C(c1ccc(OC(C)=O)cc1)OCC2. The van der Waals surface area contributed by atoms with E-state index in [0.29, 0.717) is 23.9 Å². The van der Waals surface area contributed by atoms with E-state index in [1.807, 2.05) is 18.2 Å². The Morgan fingerprint density at radius 3 is 2.31 bits per heavy atom. The fourth-order valence-electron chi connectivity index (χ4n) is 3.00. The molecule has 6 heteroatoms. The lowest BCUT2D eigenvalue weighted by Gasteiger charge is -2.27. The van der Waals surface area contributed by atoms with Gasteiger partial charge in [0.25, 0.3) is 0 Å². The van der Waals surface area contributed by atoms with E-state index in [0.717, 1.165) is 23.1 Å². The molecule has 1 aliphatic heterocycles. The fourth-order valence-corrected chi connectivity index (χ4v) is 3.00. The van der Waals surface area contributed by atoms with E-state index < -0.39 is 5.97 Å². The van der Waals surface area contributed by atoms with Gasteiger partial charge in [0.15, 0.2) is 11.5 Å². The Morgan fingerprint density at radius 2 is 1.69 bits per heavy atom. The third-order valence-corrected chi connectivity index (χ3v) is 4.06. The molecule has 0 spiro atoms. The van der Waals surface area contributed by atoms with Gasteiger partial charge in [-0.05, 0) is 47.4 Å². The summed E-state index contributed by atoms with van der Waals surface area (Å²) in [4.78, 5) is 22.4. The van der Waals surface area contributed by atoms with Crippen LogP contribution >= 0.6 is 0 Å². The molecule has 0 amide bonds. The zero-order valence-electron chi connectivity index (χ0n) is 14.9. The zero-order valence-corrected chi connectivity index (χ0v) is 14.9. The molecule has 26 heavy (non-hydrogen) atoms. The minimum atomic E-state index is -0.415. The molecule has 0 aromatic heterocycles. The van der Waals surface area contributed by atoms with E-state index in [9.17, 15) is 9.59 Å². The van der Waals surface area contributed by atoms with Gasteiger partial charge in [-0.2, -0.15) is 0 Å². The summed E-state index contributed by atoms with van der Waals surface area (Å²) >= 11 is 0. The molecule has 0 fully saturated rings. The predicted octanol–water partition coefficient (Wildman–Crippen LogP) is 3.21. The summed E-state index contributed by atoms with van der Waals surface area (Å²) in [5, 5.41) is 0. The number of methoxy groups -OCH3 is 1. The van der Waals surface area contributed by atoms with E-state index in [-0.39, 0.29) is 12.1 Å². The van der Waals surface area contributed by atoms with E-state index in [2.05, 4.69) is 0 Å². The number of carbonyl (C=O) groups excluding carboxylic acids is 2. The van der Waals surface area contributed by atoms with E-state index >= 15 is 0 Å². The van der Waals surface area contributed by atoms with E-state index in [1.165, 1.54) is 13.8 Å². The Morgan fingerprint density at radius 1 is 1.00 bits per heavy atom. The largest absolute Gasteiger partial charge is 0.493 e. The Balaban J connectivity index is 1.96. The van der Waals surface area contributed by atoms with Crippen LogP contribution in [0.5, 0.6) is 17.2 Å². The smallest absolute Gasteiger partial charge is 0.308 e. The van der Waals surface area contributed by atoms with Gasteiger partial charge in [0.05, 0.1) is 13.7 Å². The molecule has 0 bridgehead atoms. The highest BCUT2D eigenvalue weighted by Gasteiger charge is 2.25. The Hall–Kier alpha value is -2.86. The van der Waals surface area contributed by atoms with Crippen molar-refractivity contribution in [3.8, 4) is 17.2 Å². The standard InChI is InChI=1S/C20H20O6/c1-12(21)25-16-6-4-14(5-7-16)20-17-11-19(26-13(2)22)18(23-3)10-15(17)8-9-24-20/h4-7,10-11,20H,8-9H2,1-3H3. The molecule has 6 nitrogen and oxygen atoms in total. The van der Waals surface area contributed by atoms with Gasteiger partial charge in [-0.25, -0.2) is 0 Å². The van der Waals surface area contributed by atoms with Crippen LogP contribution in [-0.2, 0) is 20.7 Å². The molecule has 2 aromatic rings. The van der Waals surface area contributed by atoms with Crippen molar-refractivity contribution in [2.24, 2.45) is 0 Å². The van der Waals surface area contributed by atoms with Crippen molar-refractivity contribution in [3.63, 3.8) is 0 Å². The number of hydrogen-bond acceptors (Lipinski definition) is 6. The van der Waals surface area contributed by atoms with Crippen LogP contribution in [0.2, 0.25) is 0 Å². The van der Waals surface area contributed by atoms with Crippen LogP contribution < -0.4 is 14.2 Å². The lowest BCUT2D eigenvalue weighted by atomic mass is 9.92. The third-order valence-electron chi connectivity index (χ3n) is 4.06. The van der Waals surface area contributed by atoms with Crippen molar-refractivity contribution < 1.29 is 28.5 Å². The van der Waals surface area contributed by atoms with E-state index in [1.54, 1.807) is 25.3 Å². The molecule has 136 valence electrons. The maximum absolute atomic E-state index is 11.4. The number of rotatable bonds is 4. The minimum absolute atomic E-state index is 0.301. The van der Waals surface area contributed by atoms with Gasteiger partial charge in [0, 0.05) is 13.8 Å². The molecule has 1 aliphatic rings. The highest BCUT2D eigenvalue weighted by molar-refractivity contribution is 5.71. The predicted molar refractivity (Wildman–Crippen MR) is 93.6 cm³/mol. The Labute approximate surface area is 151 Å². The van der Waals surface area contributed by atoms with Crippen molar-refractivity contribution in [1.82, 2.24) is 0 Å². The minimum Gasteiger partial charge on any atom is -0.493 e. The first-order chi connectivity index (χ1) is 12.5. The summed E-state index contributed by atoms with van der Waals surface area (Å²) < 4.78 is 21.6. The Bertz CT molecular complexity index is 825. The van der Waals surface area contributed by atoms with Gasteiger partial charge in [-0.3, -0.25) is 9.59 Å². The average molecular weight is 356 g/mol. The molecule has 0 saturated heterocycles. The summed E-state index contributed by atoms with van der Waals surface area (Å²) in [5.74, 6) is 0.584. The maximum atomic E-state index is 11.4. The number of carbonyl (C=O) groups is 2. The van der Waals surface area contributed by atoms with Crippen LogP contribution in [0, 0.1) is 0 Å². The second-order valence-corrected chi connectivity index (χ2v) is 5.96. The monoisotopic (exact) mass is 356 g/mol. The quantitative estimate of drug-likeness (QED) is 0.619. The van der Waals surface area contributed by atoms with Crippen molar-refractivity contribution in [1.29, 1.82) is 0 Å². The number of fused-ring (bicyclic) bond motifs is 1. The normalized spacial score (nSPS) is 15.7. The molecule has 1 heterocycles. The summed E-state index contributed by atoms with van der Waals surface area (Å²) in [5.41, 5.74) is 2.92. The fraction of sp³-hybridized carbons (Fsp3) is 0.300. The molecule has 1 unspecified atom stereocenters. The molecule has 2 aromatic carbocycles. The second-order valence-electron chi connectivity index (χ2n) is 5.96. The summed E-state index contributed by atoms with van der Waals surface area (Å²) in [6.45, 7) is 3.28. The van der Waals surface area contributed by atoms with Gasteiger partial charge in [-0.1, -0.05) is 12.1 Å². The van der Waals surface area contributed by atoms with Gasteiger partial charge in [0.2, 0.25) is 0 Å². The molecule has 0 radical (unpaired) electrons. The number of hydrogen-bond donors (Lipinski definition) is 0. The molecule has 1 atom stereocenters. The molecule has 3 rings (SSSR count). The molecular formula is C20H20O6. The van der Waals surface area contributed by atoms with Gasteiger partial charge < -0.3 is 18.9 Å². The molecule has 0 saturated carbocycles. The zero-order chi connectivity index (χ0) is 18.7. The summed E-state index contributed by atoms with van der Waals surface area (Å²) in [7, 11) is 1.54. The second kappa shape index (κ2) is 7.58. The number of ether oxygens (including phenoxy) is 4. The van der Waals surface area contributed by atoms with Crippen LogP contribution in [0.1, 0.15) is 36.6 Å². The average Bonchev–Trinajstić information content (AvgIpc) is 2.60. The van der Waals surface area contributed by atoms with Crippen molar-refractivity contribution in [3.05, 3.63) is 53.1 Å². The van der Waals surface area contributed by atoms with E-state index in [4.69, 9.17) is 18.9 Å². The third kappa shape index (κ3) is 3.86. The summed E-state index contributed by atoms with van der Waals surface area (Å²) in [6.07, 6.45) is 0.444. The topological polar surface area (TPSA) is 71.1 Å².